The summed E-state index contributed by atoms with van der Waals surface area (Å²) in [5.41, 5.74) is 2.34. The van der Waals surface area contributed by atoms with Gasteiger partial charge in [-0.05, 0) is 37.5 Å². The third-order valence-corrected chi connectivity index (χ3v) is 3.97. The SMILES string of the molecule is CC(CC1CCC1)Nc1cccc(-n2ccnc2)c1. The molecule has 3 nitrogen and oxygen atoms in total. The Morgan fingerprint density at radius 3 is 3.00 bits per heavy atom. The Morgan fingerprint density at radius 2 is 2.32 bits per heavy atom. The monoisotopic (exact) mass is 255 g/mol. The molecule has 1 fully saturated rings. The minimum Gasteiger partial charge on any atom is -0.383 e. The Bertz CT molecular complexity index is 515. The maximum atomic E-state index is 4.09. The highest BCUT2D eigenvalue weighted by molar-refractivity contribution is 5.51. The van der Waals surface area contributed by atoms with E-state index in [2.05, 4.69) is 41.5 Å². The number of nitrogens with zero attached hydrogens (tertiary/aromatic N) is 2. The zero-order valence-electron chi connectivity index (χ0n) is 11.4. The number of imidazole rings is 1. The molecule has 1 aromatic heterocycles. The average Bonchev–Trinajstić information content (AvgIpc) is 2.88. The zero-order chi connectivity index (χ0) is 13.1. The van der Waals surface area contributed by atoms with E-state index in [1.54, 1.807) is 6.20 Å². The molecule has 0 amide bonds. The van der Waals surface area contributed by atoms with Crippen molar-refractivity contribution in [2.45, 2.75) is 38.6 Å². The molecule has 0 radical (unpaired) electrons. The molecule has 3 heteroatoms. The first kappa shape index (κ1) is 12.3. The maximum absolute atomic E-state index is 4.09. The van der Waals surface area contributed by atoms with Gasteiger partial charge in [0.2, 0.25) is 0 Å². The number of rotatable bonds is 5. The molecule has 19 heavy (non-hydrogen) atoms. The first-order valence-electron chi connectivity index (χ1n) is 7.16. The van der Waals surface area contributed by atoms with Gasteiger partial charge in [0.1, 0.15) is 0 Å². The van der Waals surface area contributed by atoms with Crippen LogP contribution < -0.4 is 5.32 Å². The molecule has 3 rings (SSSR count). The second kappa shape index (κ2) is 5.47. The maximum Gasteiger partial charge on any atom is 0.0991 e. The fourth-order valence-corrected chi connectivity index (χ4v) is 2.74. The molecule has 100 valence electrons. The van der Waals surface area contributed by atoms with Crippen LogP contribution in [0.15, 0.2) is 43.0 Å². The minimum atomic E-state index is 0.545. The smallest absolute Gasteiger partial charge is 0.0991 e. The van der Waals surface area contributed by atoms with Crippen LogP contribution in [-0.4, -0.2) is 15.6 Å². The molecule has 1 atom stereocenters. The van der Waals surface area contributed by atoms with E-state index in [-0.39, 0.29) is 0 Å². The van der Waals surface area contributed by atoms with Crippen LogP contribution >= 0.6 is 0 Å². The summed E-state index contributed by atoms with van der Waals surface area (Å²) >= 11 is 0. The second-order valence-corrected chi connectivity index (χ2v) is 5.60. The van der Waals surface area contributed by atoms with Gasteiger partial charge >= 0.3 is 0 Å². The van der Waals surface area contributed by atoms with Crippen molar-refractivity contribution in [1.82, 2.24) is 9.55 Å². The van der Waals surface area contributed by atoms with Crippen molar-refractivity contribution in [3.63, 3.8) is 0 Å². The topological polar surface area (TPSA) is 29.9 Å². The highest BCUT2D eigenvalue weighted by atomic mass is 15.0. The molecule has 1 N–H and O–H groups in total. The molecular formula is C16H21N3. The van der Waals surface area contributed by atoms with Gasteiger partial charge in [-0.1, -0.05) is 25.3 Å². The summed E-state index contributed by atoms with van der Waals surface area (Å²) in [6, 6.07) is 9.05. The molecule has 1 aliphatic carbocycles. The predicted octanol–water partition coefficient (Wildman–Crippen LogP) is 3.86. The van der Waals surface area contributed by atoms with Crippen LogP contribution in [0, 0.1) is 5.92 Å². The molecule has 2 aromatic rings. The zero-order valence-corrected chi connectivity index (χ0v) is 11.4. The van der Waals surface area contributed by atoms with E-state index in [9.17, 15) is 0 Å². The van der Waals surface area contributed by atoms with Crippen LogP contribution in [0.1, 0.15) is 32.6 Å². The fourth-order valence-electron chi connectivity index (χ4n) is 2.74. The van der Waals surface area contributed by atoms with Crippen LogP contribution in [0.5, 0.6) is 0 Å². The molecule has 1 heterocycles. The van der Waals surface area contributed by atoms with Crippen LogP contribution in [0.3, 0.4) is 0 Å². The Hall–Kier alpha value is -1.77. The molecule has 0 bridgehead atoms. The summed E-state index contributed by atoms with van der Waals surface area (Å²) < 4.78 is 2.03. The number of aromatic nitrogens is 2. The summed E-state index contributed by atoms with van der Waals surface area (Å²) in [5.74, 6) is 0.944. The third-order valence-electron chi connectivity index (χ3n) is 3.97. The normalized spacial score (nSPS) is 16.9. The van der Waals surface area contributed by atoms with Crippen molar-refractivity contribution in [3.05, 3.63) is 43.0 Å². The van der Waals surface area contributed by atoms with E-state index >= 15 is 0 Å². The average molecular weight is 255 g/mol. The standard InChI is InChI=1S/C16H21N3/c1-13(10-14-4-2-5-14)18-15-6-3-7-16(11-15)19-9-8-17-12-19/h3,6-9,11-14,18H,2,4-5,10H2,1H3. The summed E-state index contributed by atoms with van der Waals surface area (Å²) in [5, 5.41) is 3.61. The lowest BCUT2D eigenvalue weighted by molar-refractivity contribution is 0.286. The van der Waals surface area contributed by atoms with E-state index in [0.717, 1.165) is 11.6 Å². The molecule has 1 aromatic carbocycles. The first-order chi connectivity index (χ1) is 9.31. The molecular weight excluding hydrogens is 234 g/mol. The predicted molar refractivity (Wildman–Crippen MR) is 78.6 cm³/mol. The summed E-state index contributed by atoms with van der Waals surface area (Å²) in [6.07, 6.45) is 11.2. The highest BCUT2D eigenvalue weighted by Crippen LogP contribution is 2.31. The number of hydrogen-bond acceptors (Lipinski definition) is 2. The minimum absolute atomic E-state index is 0.545. The lowest BCUT2D eigenvalue weighted by Gasteiger charge is -2.29. The van der Waals surface area contributed by atoms with Crippen LogP contribution in [0.2, 0.25) is 0 Å². The van der Waals surface area contributed by atoms with Gasteiger partial charge in [-0.15, -0.1) is 0 Å². The quantitative estimate of drug-likeness (QED) is 0.879. The highest BCUT2D eigenvalue weighted by Gasteiger charge is 2.19. The summed E-state index contributed by atoms with van der Waals surface area (Å²) in [7, 11) is 0. The Labute approximate surface area is 114 Å². The molecule has 0 spiro atoms. The van der Waals surface area contributed by atoms with E-state index < -0.39 is 0 Å². The molecule has 0 saturated heterocycles. The Kier molecular flexibility index (Phi) is 3.53. The summed E-state index contributed by atoms with van der Waals surface area (Å²) in [6.45, 7) is 2.28. The second-order valence-electron chi connectivity index (χ2n) is 5.60. The molecule has 1 aliphatic rings. The number of hydrogen-bond donors (Lipinski definition) is 1. The van der Waals surface area contributed by atoms with E-state index in [1.165, 1.54) is 31.4 Å². The third kappa shape index (κ3) is 2.98. The number of anilines is 1. The largest absolute Gasteiger partial charge is 0.383 e. The molecule has 1 unspecified atom stereocenters. The van der Waals surface area contributed by atoms with Gasteiger partial charge in [-0.2, -0.15) is 0 Å². The molecule has 1 saturated carbocycles. The van der Waals surface area contributed by atoms with Gasteiger partial charge in [0, 0.05) is 29.8 Å². The van der Waals surface area contributed by atoms with Crippen molar-refractivity contribution in [1.29, 1.82) is 0 Å². The van der Waals surface area contributed by atoms with Crippen molar-refractivity contribution in [3.8, 4) is 5.69 Å². The Morgan fingerprint density at radius 1 is 1.42 bits per heavy atom. The number of nitrogens with one attached hydrogen (secondary N) is 1. The van der Waals surface area contributed by atoms with Gasteiger partial charge in [0.15, 0.2) is 0 Å². The number of benzene rings is 1. The van der Waals surface area contributed by atoms with Gasteiger partial charge in [0.05, 0.1) is 6.33 Å². The van der Waals surface area contributed by atoms with Crippen LogP contribution in [-0.2, 0) is 0 Å². The lowest BCUT2D eigenvalue weighted by atomic mass is 9.81. The molecule has 0 aliphatic heterocycles. The fraction of sp³-hybridized carbons (Fsp3) is 0.438. The summed E-state index contributed by atoms with van der Waals surface area (Å²) in [4.78, 5) is 4.09. The van der Waals surface area contributed by atoms with Crippen LogP contribution in [0.25, 0.3) is 5.69 Å². The van der Waals surface area contributed by atoms with E-state index in [4.69, 9.17) is 0 Å². The van der Waals surface area contributed by atoms with E-state index in [0.29, 0.717) is 6.04 Å². The van der Waals surface area contributed by atoms with Crippen LogP contribution in [0.4, 0.5) is 5.69 Å². The van der Waals surface area contributed by atoms with Gasteiger partial charge in [-0.25, -0.2) is 4.98 Å². The van der Waals surface area contributed by atoms with Crippen molar-refractivity contribution >= 4 is 5.69 Å². The lowest BCUT2D eigenvalue weighted by Crippen LogP contribution is -2.23. The van der Waals surface area contributed by atoms with Crippen molar-refractivity contribution in [2.75, 3.05) is 5.32 Å². The Balaban J connectivity index is 1.65. The van der Waals surface area contributed by atoms with Gasteiger partial charge in [-0.3, -0.25) is 0 Å². The van der Waals surface area contributed by atoms with Gasteiger partial charge < -0.3 is 9.88 Å². The van der Waals surface area contributed by atoms with Crippen molar-refractivity contribution < 1.29 is 0 Å². The van der Waals surface area contributed by atoms with Gasteiger partial charge in [0.25, 0.3) is 0 Å². The van der Waals surface area contributed by atoms with Crippen molar-refractivity contribution in [2.24, 2.45) is 5.92 Å². The first-order valence-corrected chi connectivity index (χ1v) is 7.16. The van der Waals surface area contributed by atoms with E-state index in [1.807, 2.05) is 17.1 Å².